The van der Waals surface area contributed by atoms with Crippen molar-refractivity contribution in [2.24, 2.45) is 0 Å². The van der Waals surface area contributed by atoms with E-state index in [1.807, 2.05) is 35.2 Å². The normalized spacial score (nSPS) is 14.6. The fourth-order valence-electron chi connectivity index (χ4n) is 4.22. The largest absolute Gasteiger partial charge is 0.493 e. The van der Waals surface area contributed by atoms with Gasteiger partial charge in [0.15, 0.2) is 11.5 Å². The third-order valence-corrected chi connectivity index (χ3v) is 6.74. The van der Waals surface area contributed by atoms with Gasteiger partial charge in [0, 0.05) is 11.0 Å². The van der Waals surface area contributed by atoms with Gasteiger partial charge in [-0.2, -0.15) is 0 Å². The van der Waals surface area contributed by atoms with Crippen molar-refractivity contribution < 1.29 is 28.5 Å². The third kappa shape index (κ3) is 5.12. The number of hydrogen-bond acceptors (Lipinski definition) is 6. The van der Waals surface area contributed by atoms with E-state index >= 15 is 0 Å². The Hall–Kier alpha value is -3.52. The van der Waals surface area contributed by atoms with Gasteiger partial charge in [0.05, 0.1) is 38.5 Å². The van der Waals surface area contributed by atoms with Crippen LogP contribution in [0.5, 0.6) is 17.2 Å². The van der Waals surface area contributed by atoms with Crippen LogP contribution < -0.4 is 14.2 Å². The average molecular weight is 540 g/mol. The zero-order chi connectivity index (χ0) is 24.9. The molecule has 0 N–H and O–H groups in total. The molecule has 0 aromatic heterocycles. The van der Waals surface area contributed by atoms with Gasteiger partial charge in [-0.15, -0.1) is 0 Å². The SMILES string of the molecule is COC(=O)c1ccc(OC[C@H]2c3cc(OC)c(OC)cc3CCN2C(=O)c2ccccc2Br)cc1. The maximum atomic E-state index is 13.6. The molecule has 0 radical (unpaired) electrons. The predicted molar refractivity (Wildman–Crippen MR) is 134 cm³/mol. The number of ether oxygens (including phenoxy) is 4. The van der Waals surface area contributed by atoms with Gasteiger partial charge in [-0.3, -0.25) is 4.79 Å². The summed E-state index contributed by atoms with van der Waals surface area (Å²) in [6.07, 6.45) is 0.677. The Morgan fingerprint density at radius 1 is 0.971 bits per heavy atom. The molecule has 8 heteroatoms. The number of carbonyl (C=O) groups excluding carboxylic acids is 2. The molecule has 4 rings (SSSR count). The molecule has 0 fully saturated rings. The lowest BCUT2D eigenvalue weighted by atomic mass is 9.91. The highest BCUT2D eigenvalue weighted by molar-refractivity contribution is 9.10. The number of carbonyl (C=O) groups is 2. The summed E-state index contributed by atoms with van der Waals surface area (Å²) in [4.78, 5) is 27.2. The second-order valence-electron chi connectivity index (χ2n) is 7.98. The number of benzene rings is 3. The summed E-state index contributed by atoms with van der Waals surface area (Å²) in [6, 6.07) is 17.6. The molecule has 0 aliphatic carbocycles. The minimum Gasteiger partial charge on any atom is -0.493 e. The Bertz CT molecular complexity index is 1230. The van der Waals surface area contributed by atoms with Crippen LogP contribution in [0.4, 0.5) is 0 Å². The molecule has 35 heavy (non-hydrogen) atoms. The quantitative estimate of drug-likeness (QED) is 0.390. The van der Waals surface area contributed by atoms with Crippen molar-refractivity contribution in [2.45, 2.75) is 12.5 Å². The molecule has 3 aromatic rings. The zero-order valence-corrected chi connectivity index (χ0v) is 21.3. The summed E-state index contributed by atoms with van der Waals surface area (Å²) < 4.78 is 22.6. The van der Waals surface area contributed by atoms with Crippen molar-refractivity contribution in [1.29, 1.82) is 0 Å². The minimum absolute atomic E-state index is 0.0902. The van der Waals surface area contributed by atoms with E-state index in [4.69, 9.17) is 18.9 Å². The topological polar surface area (TPSA) is 74.3 Å². The van der Waals surface area contributed by atoms with E-state index in [0.717, 1.165) is 15.6 Å². The van der Waals surface area contributed by atoms with Crippen LogP contribution in [0.15, 0.2) is 65.1 Å². The molecule has 1 heterocycles. The number of esters is 1. The van der Waals surface area contributed by atoms with Crippen molar-refractivity contribution in [1.82, 2.24) is 4.90 Å². The van der Waals surface area contributed by atoms with Crippen LogP contribution in [-0.2, 0) is 11.2 Å². The Morgan fingerprint density at radius 3 is 2.31 bits per heavy atom. The summed E-state index contributed by atoms with van der Waals surface area (Å²) in [6.45, 7) is 0.744. The highest BCUT2D eigenvalue weighted by Gasteiger charge is 2.34. The Labute approximate surface area is 212 Å². The standard InChI is InChI=1S/C27H26BrNO6/c1-32-24-14-18-12-13-29(26(30)20-6-4-5-7-22(20)28)23(21(18)15-25(24)33-2)16-35-19-10-8-17(9-11-19)27(31)34-3/h4-11,14-15,23H,12-13,16H2,1-3H3/t23-/m0/s1. The molecule has 3 aromatic carbocycles. The van der Waals surface area contributed by atoms with E-state index in [2.05, 4.69) is 15.9 Å². The maximum absolute atomic E-state index is 13.6. The number of rotatable bonds is 7. The van der Waals surface area contributed by atoms with Crippen LogP contribution in [-0.4, -0.2) is 51.3 Å². The molecule has 7 nitrogen and oxygen atoms in total. The first-order valence-corrected chi connectivity index (χ1v) is 11.9. The van der Waals surface area contributed by atoms with Crippen LogP contribution in [0, 0.1) is 0 Å². The number of nitrogens with zero attached hydrogens (tertiary/aromatic N) is 1. The molecule has 1 atom stereocenters. The Kier molecular flexibility index (Phi) is 7.60. The van der Waals surface area contributed by atoms with Gasteiger partial charge in [0.2, 0.25) is 0 Å². The second kappa shape index (κ2) is 10.8. The van der Waals surface area contributed by atoms with Crippen LogP contribution in [0.3, 0.4) is 0 Å². The van der Waals surface area contributed by atoms with Crippen molar-refractivity contribution in [3.8, 4) is 17.2 Å². The molecular weight excluding hydrogens is 514 g/mol. The first-order chi connectivity index (χ1) is 17.0. The highest BCUT2D eigenvalue weighted by Crippen LogP contribution is 2.39. The Morgan fingerprint density at radius 2 is 1.66 bits per heavy atom. The van der Waals surface area contributed by atoms with E-state index in [9.17, 15) is 9.59 Å². The fourth-order valence-corrected chi connectivity index (χ4v) is 4.67. The number of methoxy groups -OCH3 is 3. The monoisotopic (exact) mass is 539 g/mol. The lowest BCUT2D eigenvalue weighted by Crippen LogP contribution is -2.42. The molecular formula is C27H26BrNO6. The van der Waals surface area contributed by atoms with Crippen molar-refractivity contribution >= 4 is 27.8 Å². The summed E-state index contributed by atoms with van der Waals surface area (Å²) in [7, 11) is 4.53. The van der Waals surface area contributed by atoms with Gasteiger partial charge in [-0.1, -0.05) is 12.1 Å². The average Bonchev–Trinajstić information content (AvgIpc) is 2.90. The number of amides is 1. The second-order valence-corrected chi connectivity index (χ2v) is 8.83. The van der Waals surface area contributed by atoms with Gasteiger partial charge >= 0.3 is 5.97 Å². The third-order valence-electron chi connectivity index (χ3n) is 6.05. The van der Waals surface area contributed by atoms with Gasteiger partial charge in [0.25, 0.3) is 5.91 Å². The molecule has 1 aliphatic heterocycles. The zero-order valence-electron chi connectivity index (χ0n) is 19.7. The molecule has 1 amide bonds. The molecule has 0 saturated heterocycles. The maximum Gasteiger partial charge on any atom is 0.337 e. The fraction of sp³-hybridized carbons (Fsp3) is 0.259. The molecule has 0 saturated carbocycles. The number of halogens is 1. The molecule has 1 aliphatic rings. The summed E-state index contributed by atoms with van der Waals surface area (Å²) in [5.41, 5.74) is 3.04. The van der Waals surface area contributed by atoms with Gasteiger partial charge in [-0.25, -0.2) is 4.79 Å². The molecule has 0 bridgehead atoms. The van der Waals surface area contributed by atoms with E-state index in [1.165, 1.54) is 7.11 Å². The van der Waals surface area contributed by atoms with E-state index in [1.54, 1.807) is 44.6 Å². The Balaban J connectivity index is 1.67. The van der Waals surface area contributed by atoms with Gasteiger partial charge in [0.1, 0.15) is 12.4 Å². The van der Waals surface area contributed by atoms with E-state index < -0.39 is 5.97 Å². The molecule has 0 spiro atoms. The number of fused-ring (bicyclic) bond motifs is 1. The summed E-state index contributed by atoms with van der Waals surface area (Å²) >= 11 is 3.50. The molecule has 0 unspecified atom stereocenters. The van der Waals surface area contributed by atoms with Crippen molar-refractivity contribution in [2.75, 3.05) is 34.5 Å². The van der Waals surface area contributed by atoms with Crippen molar-refractivity contribution in [3.05, 3.63) is 87.4 Å². The van der Waals surface area contributed by atoms with E-state index in [-0.39, 0.29) is 18.6 Å². The lowest BCUT2D eigenvalue weighted by molar-refractivity contribution is 0.0582. The van der Waals surface area contributed by atoms with E-state index in [0.29, 0.717) is 41.3 Å². The lowest BCUT2D eigenvalue weighted by Gasteiger charge is -2.38. The summed E-state index contributed by atoms with van der Waals surface area (Å²) in [5.74, 6) is 1.32. The predicted octanol–water partition coefficient (Wildman–Crippen LogP) is 5.07. The van der Waals surface area contributed by atoms with Gasteiger partial charge < -0.3 is 23.8 Å². The summed E-state index contributed by atoms with van der Waals surface area (Å²) in [5, 5.41) is 0. The first kappa shape index (κ1) is 24.6. The van der Waals surface area contributed by atoms with Gasteiger partial charge in [-0.05, 0) is 82.0 Å². The van der Waals surface area contributed by atoms with Crippen LogP contribution >= 0.6 is 15.9 Å². The smallest absolute Gasteiger partial charge is 0.337 e. The van der Waals surface area contributed by atoms with Crippen molar-refractivity contribution in [3.63, 3.8) is 0 Å². The highest BCUT2D eigenvalue weighted by atomic mass is 79.9. The van der Waals surface area contributed by atoms with Crippen LogP contribution in [0.25, 0.3) is 0 Å². The number of hydrogen-bond donors (Lipinski definition) is 0. The molecule has 182 valence electrons. The van der Waals surface area contributed by atoms with Crippen LogP contribution in [0.1, 0.15) is 37.9 Å². The minimum atomic E-state index is -0.413. The van der Waals surface area contributed by atoms with Crippen LogP contribution in [0.2, 0.25) is 0 Å². The first-order valence-electron chi connectivity index (χ1n) is 11.1.